The lowest BCUT2D eigenvalue weighted by Crippen LogP contribution is -2.47. The normalized spacial score (nSPS) is 22.8. The van der Waals surface area contributed by atoms with Crippen LogP contribution in [-0.4, -0.2) is 59.7 Å². The molecule has 1 aromatic carbocycles. The van der Waals surface area contributed by atoms with Crippen LogP contribution < -0.4 is 5.32 Å². The number of fused-ring (bicyclic) bond motifs is 1. The number of hydrogen-bond donors (Lipinski definition) is 1. The molecule has 3 amide bonds. The van der Waals surface area contributed by atoms with Gasteiger partial charge in [0.25, 0.3) is 17.7 Å². The van der Waals surface area contributed by atoms with E-state index in [2.05, 4.69) is 5.32 Å². The Labute approximate surface area is 172 Å². The molecule has 3 aliphatic rings. The van der Waals surface area contributed by atoms with Gasteiger partial charge in [-0.15, -0.1) is 12.4 Å². The summed E-state index contributed by atoms with van der Waals surface area (Å²) in [5, 5.41) is 3.24. The maximum absolute atomic E-state index is 12.9. The number of nitrogens with one attached hydrogen (secondary N) is 1. The number of hydrogen-bond acceptors (Lipinski definition) is 4. The lowest BCUT2D eigenvalue weighted by molar-refractivity contribution is 0.0548. The first-order valence-corrected chi connectivity index (χ1v) is 10.1. The average molecular weight is 406 g/mol. The zero-order valence-corrected chi connectivity index (χ0v) is 17.1. The van der Waals surface area contributed by atoms with Crippen LogP contribution in [0.4, 0.5) is 0 Å². The molecule has 0 spiro atoms. The maximum Gasteiger partial charge on any atom is 0.261 e. The van der Waals surface area contributed by atoms with Gasteiger partial charge in [0.1, 0.15) is 0 Å². The summed E-state index contributed by atoms with van der Waals surface area (Å²) in [7, 11) is 1.91. The molecule has 1 aliphatic carbocycles. The first-order chi connectivity index (χ1) is 13.1. The number of likely N-dealkylation sites (tertiary alicyclic amines) is 1. The highest BCUT2D eigenvalue weighted by molar-refractivity contribution is 6.22. The van der Waals surface area contributed by atoms with Crippen LogP contribution in [0.1, 0.15) is 76.0 Å². The number of carbonyl (C=O) groups excluding carboxylic acids is 3. The van der Waals surface area contributed by atoms with Gasteiger partial charge in [0.2, 0.25) is 0 Å². The van der Waals surface area contributed by atoms with E-state index in [1.165, 1.54) is 11.3 Å². The number of benzene rings is 1. The minimum Gasteiger partial charge on any atom is -0.337 e. The van der Waals surface area contributed by atoms with Gasteiger partial charge in [0.05, 0.1) is 11.1 Å². The third-order valence-electron chi connectivity index (χ3n) is 6.22. The Morgan fingerprint density at radius 3 is 2.43 bits per heavy atom. The predicted octanol–water partition coefficient (Wildman–Crippen LogP) is 2.86. The highest BCUT2D eigenvalue weighted by Gasteiger charge is 2.40. The van der Waals surface area contributed by atoms with E-state index < -0.39 is 0 Å². The van der Waals surface area contributed by atoms with Gasteiger partial charge in [0, 0.05) is 30.7 Å². The molecule has 152 valence electrons. The van der Waals surface area contributed by atoms with Crippen LogP contribution in [0.3, 0.4) is 0 Å². The second-order valence-corrected chi connectivity index (χ2v) is 7.91. The van der Waals surface area contributed by atoms with Gasteiger partial charge >= 0.3 is 0 Å². The Kier molecular flexibility index (Phi) is 6.40. The largest absolute Gasteiger partial charge is 0.337 e. The lowest BCUT2D eigenvalue weighted by Gasteiger charge is -2.32. The standard InChI is InChI=1S/C21H27N3O3.ClH/c1-22-15-6-5-11-23(13-15)19(25)14-9-10-17-18(12-14)21(27)24(20(17)26)16-7-3-2-4-8-16;/h9-10,12,15-16,22H,2-8,11,13H2,1H3;1H. The van der Waals surface area contributed by atoms with Crippen molar-refractivity contribution in [2.75, 3.05) is 20.1 Å². The van der Waals surface area contributed by atoms with Crippen molar-refractivity contribution in [1.82, 2.24) is 15.1 Å². The lowest BCUT2D eigenvalue weighted by atomic mass is 9.94. The first-order valence-electron chi connectivity index (χ1n) is 10.1. The fourth-order valence-corrected chi connectivity index (χ4v) is 4.64. The number of rotatable bonds is 3. The van der Waals surface area contributed by atoms with E-state index >= 15 is 0 Å². The van der Waals surface area contributed by atoms with Crippen molar-refractivity contribution in [3.8, 4) is 0 Å². The van der Waals surface area contributed by atoms with Crippen molar-refractivity contribution in [3.05, 3.63) is 34.9 Å². The Bertz CT molecular complexity index is 776. The summed E-state index contributed by atoms with van der Waals surface area (Å²) in [6.07, 6.45) is 7.09. The first kappa shape index (κ1) is 20.8. The van der Waals surface area contributed by atoms with Crippen molar-refractivity contribution in [2.24, 2.45) is 0 Å². The molecule has 1 saturated carbocycles. The highest BCUT2D eigenvalue weighted by Crippen LogP contribution is 2.31. The molecule has 4 rings (SSSR count). The summed E-state index contributed by atoms with van der Waals surface area (Å²) in [6.45, 7) is 1.41. The van der Waals surface area contributed by atoms with E-state index in [4.69, 9.17) is 0 Å². The Hall–Kier alpha value is -1.92. The van der Waals surface area contributed by atoms with E-state index in [9.17, 15) is 14.4 Å². The molecule has 28 heavy (non-hydrogen) atoms. The summed E-state index contributed by atoms with van der Waals surface area (Å²) < 4.78 is 0. The second kappa shape index (κ2) is 8.62. The molecule has 7 heteroatoms. The molecule has 2 fully saturated rings. The molecule has 1 atom stereocenters. The van der Waals surface area contributed by atoms with Crippen molar-refractivity contribution in [3.63, 3.8) is 0 Å². The third kappa shape index (κ3) is 3.67. The van der Waals surface area contributed by atoms with Gasteiger partial charge < -0.3 is 10.2 Å². The number of amides is 3. The molecule has 2 aliphatic heterocycles. The molecule has 0 aromatic heterocycles. The summed E-state index contributed by atoms with van der Waals surface area (Å²) in [5.41, 5.74) is 1.32. The Morgan fingerprint density at radius 1 is 1.00 bits per heavy atom. The molecule has 0 radical (unpaired) electrons. The summed E-state index contributed by atoms with van der Waals surface area (Å²) >= 11 is 0. The fraction of sp³-hybridized carbons (Fsp3) is 0.571. The quantitative estimate of drug-likeness (QED) is 0.785. The molecular weight excluding hydrogens is 378 g/mol. The van der Waals surface area contributed by atoms with Gasteiger partial charge in [-0.3, -0.25) is 19.3 Å². The van der Waals surface area contributed by atoms with E-state index in [0.717, 1.165) is 45.1 Å². The molecule has 1 aromatic rings. The number of nitrogens with zero attached hydrogens (tertiary/aromatic N) is 2. The van der Waals surface area contributed by atoms with Crippen LogP contribution >= 0.6 is 12.4 Å². The molecule has 1 unspecified atom stereocenters. The average Bonchev–Trinajstić information content (AvgIpc) is 2.98. The van der Waals surface area contributed by atoms with Gasteiger partial charge in [-0.25, -0.2) is 0 Å². The topological polar surface area (TPSA) is 69.7 Å². The van der Waals surface area contributed by atoms with Gasteiger partial charge in [0.15, 0.2) is 0 Å². The van der Waals surface area contributed by atoms with E-state index in [1.807, 2.05) is 11.9 Å². The zero-order valence-electron chi connectivity index (χ0n) is 16.3. The number of likely N-dealkylation sites (N-methyl/N-ethyl adjacent to an activating group) is 1. The van der Waals surface area contributed by atoms with Crippen LogP contribution in [0.15, 0.2) is 18.2 Å². The van der Waals surface area contributed by atoms with Crippen molar-refractivity contribution < 1.29 is 14.4 Å². The van der Waals surface area contributed by atoms with Crippen LogP contribution in [0, 0.1) is 0 Å². The number of halogens is 1. The van der Waals surface area contributed by atoms with Gasteiger partial charge in [-0.05, 0) is 50.9 Å². The van der Waals surface area contributed by atoms with E-state index in [-0.39, 0.29) is 36.2 Å². The monoisotopic (exact) mass is 405 g/mol. The molecule has 6 nitrogen and oxygen atoms in total. The smallest absolute Gasteiger partial charge is 0.261 e. The van der Waals surface area contributed by atoms with Crippen LogP contribution in [-0.2, 0) is 0 Å². The van der Waals surface area contributed by atoms with Crippen LogP contribution in [0.25, 0.3) is 0 Å². The van der Waals surface area contributed by atoms with Crippen molar-refractivity contribution >= 4 is 30.1 Å². The van der Waals surface area contributed by atoms with Crippen molar-refractivity contribution in [1.29, 1.82) is 0 Å². The van der Waals surface area contributed by atoms with Crippen LogP contribution in [0.2, 0.25) is 0 Å². The van der Waals surface area contributed by atoms with E-state index in [0.29, 0.717) is 29.3 Å². The fourth-order valence-electron chi connectivity index (χ4n) is 4.64. The number of carbonyl (C=O) groups is 3. The Morgan fingerprint density at radius 2 is 1.71 bits per heavy atom. The number of piperidine rings is 1. The molecular formula is C21H28ClN3O3. The zero-order chi connectivity index (χ0) is 19.0. The Balaban J connectivity index is 0.00000225. The predicted molar refractivity (Wildman–Crippen MR) is 109 cm³/mol. The molecule has 2 heterocycles. The van der Waals surface area contributed by atoms with Gasteiger partial charge in [-0.1, -0.05) is 19.3 Å². The van der Waals surface area contributed by atoms with Crippen LogP contribution in [0.5, 0.6) is 0 Å². The molecule has 1 saturated heterocycles. The minimum absolute atomic E-state index is 0. The molecule has 1 N–H and O–H groups in total. The second-order valence-electron chi connectivity index (χ2n) is 7.91. The SMILES string of the molecule is CNC1CCCN(C(=O)c2ccc3c(c2)C(=O)N(C2CCCCC2)C3=O)C1.Cl. The third-order valence-corrected chi connectivity index (χ3v) is 6.22. The summed E-state index contributed by atoms with van der Waals surface area (Å²) in [5.74, 6) is -0.494. The number of imide groups is 1. The van der Waals surface area contributed by atoms with E-state index in [1.54, 1.807) is 18.2 Å². The van der Waals surface area contributed by atoms with Gasteiger partial charge in [-0.2, -0.15) is 0 Å². The van der Waals surface area contributed by atoms with Crippen molar-refractivity contribution in [2.45, 2.75) is 57.0 Å². The molecule has 0 bridgehead atoms. The maximum atomic E-state index is 12.9. The minimum atomic E-state index is -0.233. The highest BCUT2D eigenvalue weighted by atomic mass is 35.5. The summed E-state index contributed by atoms with van der Waals surface area (Å²) in [4.78, 5) is 41.9. The summed E-state index contributed by atoms with van der Waals surface area (Å²) in [6, 6.07) is 5.29.